The molecule has 0 atom stereocenters. The van der Waals surface area contributed by atoms with Gasteiger partial charge in [0.15, 0.2) is 0 Å². The Hall–Kier alpha value is -1.30. The van der Waals surface area contributed by atoms with Crippen LogP contribution in [0.2, 0.25) is 5.02 Å². The van der Waals surface area contributed by atoms with Crippen LogP contribution in [-0.2, 0) is 11.3 Å². The first-order chi connectivity index (χ1) is 12.2. The van der Waals surface area contributed by atoms with Crippen LogP contribution in [0, 0.1) is 0 Å². The molecule has 0 radical (unpaired) electrons. The quantitative estimate of drug-likeness (QED) is 0.842. The van der Waals surface area contributed by atoms with Crippen LogP contribution in [0.4, 0.5) is 4.79 Å². The number of nitrogens with one attached hydrogen (secondary N) is 2. The maximum absolute atomic E-state index is 12.3. The molecule has 3 rings (SSSR count). The van der Waals surface area contributed by atoms with Crippen LogP contribution in [0.1, 0.15) is 37.7 Å². The second-order valence-corrected chi connectivity index (χ2v) is 7.48. The lowest BCUT2D eigenvalue weighted by atomic mass is 9.80. The normalized spacial score (nSPS) is 20.8. The zero-order valence-electron chi connectivity index (χ0n) is 14.7. The van der Waals surface area contributed by atoms with Crippen molar-refractivity contribution in [1.82, 2.24) is 15.5 Å². The molecule has 6 heteroatoms. The van der Waals surface area contributed by atoms with Crippen molar-refractivity contribution in [2.24, 2.45) is 0 Å². The van der Waals surface area contributed by atoms with Crippen molar-refractivity contribution in [3.05, 3.63) is 34.9 Å². The molecule has 1 aliphatic heterocycles. The molecule has 1 aromatic rings. The highest BCUT2D eigenvalue weighted by molar-refractivity contribution is 6.30. The molecular formula is C19H28ClN3O2. The molecule has 1 saturated heterocycles. The average molecular weight is 366 g/mol. The molecule has 2 N–H and O–H groups in total. The fourth-order valence-electron chi connectivity index (χ4n) is 3.94. The lowest BCUT2D eigenvalue weighted by Gasteiger charge is -2.48. The summed E-state index contributed by atoms with van der Waals surface area (Å²) in [6.45, 7) is 4.74. The number of ether oxygens (including phenoxy) is 1. The largest absolute Gasteiger partial charge is 0.379 e. The predicted molar refractivity (Wildman–Crippen MR) is 99.9 cm³/mol. The highest BCUT2D eigenvalue weighted by Crippen LogP contribution is 2.33. The third-order valence-corrected chi connectivity index (χ3v) is 5.66. The van der Waals surface area contributed by atoms with Gasteiger partial charge >= 0.3 is 6.03 Å². The summed E-state index contributed by atoms with van der Waals surface area (Å²) >= 11 is 5.89. The van der Waals surface area contributed by atoms with E-state index in [4.69, 9.17) is 16.3 Å². The summed E-state index contributed by atoms with van der Waals surface area (Å²) in [6, 6.07) is 7.43. The molecule has 1 saturated carbocycles. The highest BCUT2D eigenvalue weighted by Gasteiger charge is 2.38. The standard InChI is InChI=1S/C19H28ClN3O2/c20-17-6-4-16(5-7-17)14-21-18(24)22-15-19(8-2-1-3-9-19)23-10-12-25-13-11-23/h4-7H,1-3,8-15H2,(H2,21,22,24). The summed E-state index contributed by atoms with van der Waals surface area (Å²) < 4.78 is 5.51. The van der Waals surface area contributed by atoms with Gasteiger partial charge in [0.2, 0.25) is 0 Å². The first-order valence-corrected chi connectivity index (χ1v) is 9.65. The van der Waals surface area contributed by atoms with Crippen molar-refractivity contribution in [3.8, 4) is 0 Å². The van der Waals surface area contributed by atoms with Gasteiger partial charge in [-0.05, 0) is 30.5 Å². The lowest BCUT2D eigenvalue weighted by molar-refractivity contribution is -0.0357. The smallest absolute Gasteiger partial charge is 0.315 e. The first-order valence-electron chi connectivity index (χ1n) is 9.27. The lowest BCUT2D eigenvalue weighted by Crippen LogP contribution is -2.60. The van der Waals surface area contributed by atoms with Crippen LogP contribution in [0.25, 0.3) is 0 Å². The fourth-order valence-corrected chi connectivity index (χ4v) is 4.07. The van der Waals surface area contributed by atoms with Gasteiger partial charge in [-0.3, -0.25) is 4.90 Å². The van der Waals surface area contributed by atoms with E-state index >= 15 is 0 Å². The van der Waals surface area contributed by atoms with Crippen LogP contribution in [0.15, 0.2) is 24.3 Å². The Morgan fingerprint density at radius 2 is 1.76 bits per heavy atom. The number of morpholine rings is 1. The first kappa shape index (κ1) is 18.5. The average Bonchev–Trinajstić information content (AvgIpc) is 2.67. The number of carbonyl (C=O) groups excluding carboxylic acids is 1. The van der Waals surface area contributed by atoms with E-state index in [1.807, 2.05) is 24.3 Å². The van der Waals surface area contributed by atoms with Gasteiger partial charge in [-0.1, -0.05) is 43.0 Å². The monoisotopic (exact) mass is 365 g/mol. The summed E-state index contributed by atoms with van der Waals surface area (Å²) in [5, 5.41) is 6.76. The Labute approximate surface area is 155 Å². The minimum absolute atomic E-state index is 0.0969. The Morgan fingerprint density at radius 3 is 2.44 bits per heavy atom. The Bertz CT molecular complexity index is 552. The van der Waals surface area contributed by atoms with Crippen LogP contribution in [-0.4, -0.2) is 49.3 Å². The molecule has 0 bridgehead atoms. The Balaban J connectivity index is 1.51. The van der Waals surface area contributed by atoms with E-state index in [1.54, 1.807) is 0 Å². The topological polar surface area (TPSA) is 53.6 Å². The fraction of sp³-hybridized carbons (Fsp3) is 0.632. The molecule has 2 amide bonds. The van der Waals surface area contributed by atoms with Crippen molar-refractivity contribution >= 4 is 17.6 Å². The highest BCUT2D eigenvalue weighted by atomic mass is 35.5. The number of hydrogen-bond donors (Lipinski definition) is 2. The number of hydrogen-bond acceptors (Lipinski definition) is 3. The van der Waals surface area contributed by atoms with Crippen molar-refractivity contribution in [2.45, 2.75) is 44.2 Å². The number of nitrogens with zero attached hydrogens (tertiary/aromatic N) is 1. The number of benzene rings is 1. The third kappa shape index (κ3) is 5.09. The third-order valence-electron chi connectivity index (χ3n) is 5.41. The van der Waals surface area contributed by atoms with Crippen molar-refractivity contribution in [2.75, 3.05) is 32.8 Å². The molecule has 1 heterocycles. The molecule has 2 aliphatic rings. The molecule has 0 unspecified atom stereocenters. The van der Waals surface area contributed by atoms with Crippen LogP contribution >= 0.6 is 11.6 Å². The van der Waals surface area contributed by atoms with Crippen LogP contribution in [0.5, 0.6) is 0 Å². The van der Waals surface area contributed by atoms with E-state index < -0.39 is 0 Å². The maximum Gasteiger partial charge on any atom is 0.315 e. The van der Waals surface area contributed by atoms with Gasteiger partial charge in [0.05, 0.1) is 13.2 Å². The van der Waals surface area contributed by atoms with Gasteiger partial charge in [0.25, 0.3) is 0 Å². The molecule has 138 valence electrons. The molecular weight excluding hydrogens is 338 g/mol. The number of amides is 2. The molecule has 1 aliphatic carbocycles. The Morgan fingerprint density at radius 1 is 1.08 bits per heavy atom. The number of rotatable bonds is 5. The van der Waals surface area contributed by atoms with Gasteiger partial charge in [0.1, 0.15) is 0 Å². The second-order valence-electron chi connectivity index (χ2n) is 7.05. The minimum atomic E-state index is -0.104. The summed E-state index contributed by atoms with van der Waals surface area (Å²) in [5.74, 6) is 0. The predicted octanol–water partition coefficient (Wildman–Crippen LogP) is 3.17. The van der Waals surface area contributed by atoms with E-state index in [2.05, 4.69) is 15.5 Å². The van der Waals surface area contributed by atoms with E-state index in [0.29, 0.717) is 18.1 Å². The van der Waals surface area contributed by atoms with E-state index in [0.717, 1.165) is 44.7 Å². The minimum Gasteiger partial charge on any atom is -0.379 e. The number of urea groups is 1. The number of carbonyl (C=O) groups is 1. The van der Waals surface area contributed by atoms with Crippen LogP contribution < -0.4 is 10.6 Å². The molecule has 0 spiro atoms. The number of halogens is 1. The zero-order valence-corrected chi connectivity index (χ0v) is 15.5. The molecule has 5 nitrogen and oxygen atoms in total. The molecule has 1 aromatic carbocycles. The van der Waals surface area contributed by atoms with Gasteiger partial charge in [-0.25, -0.2) is 4.79 Å². The zero-order chi connectivity index (χ0) is 17.5. The summed E-state index contributed by atoms with van der Waals surface area (Å²) in [5.41, 5.74) is 1.14. The Kier molecular flexibility index (Phi) is 6.57. The second kappa shape index (κ2) is 8.88. The summed E-state index contributed by atoms with van der Waals surface area (Å²) in [7, 11) is 0. The van der Waals surface area contributed by atoms with E-state index in [-0.39, 0.29) is 11.6 Å². The molecule has 0 aromatic heterocycles. The van der Waals surface area contributed by atoms with Gasteiger partial charge in [-0.15, -0.1) is 0 Å². The van der Waals surface area contributed by atoms with Gasteiger partial charge < -0.3 is 15.4 Å². The summed E-state index contributed by atoms with van der Waals surface area (Å²) in [4.78, 5) is 14.8. The van der Waals surface area contributed by atoms with Crippen molar-refractivity contribution < 1.29 is 9.53 Å². The van der Waals surface area contributed by atoms with E-state index in [1.165, 1.54) is 19.3 Å². The maximum atomic E-state index is 12.3. The summed E-state index contributed by atoms with van der Waals surface area (Å²) in [6.07, 6.45) is 6.10. The van der Waals surface area contributed by atoms with E-state index in [9.17, 15) is 4.79 Å². The van der Waals surface area contributed by atoms with Gasteiger partial charge in [-0.2, -0.15) is 0 Å². The molecule has 25 heavy (non-hydrogen) atoms. The van der Waals surface area contributed by atoms with Crippen molar-refractivity contribution in [1.29, 1.82) is 0 Å². The molecule has 2 fully saturated rings. The van der Waals surface area contributed by atoms with Gasteiger partial charge in [0, 0.05) is 36.7 Å². The SMILES string of the molecule is O=C(NCc1ccc(Cl)cc1)NCC1(N2CCOCC2)CCCCC1. The van der Waals surface area contributed by atoms with Crippen molar-refractivity contribution in [3.63, 3.8) is 0 Å². The van der Waals surface area contributed by atoms with Crippen LogP contribution in [0.3, 0.4) is 0 Å².